The molecule has 2 aromatic heterocycles. The Hall–Kier alpha value is -1.99. The monoisotopic (exact) mass is 321 g/mol. The fraction of sp³-hybridized carbons (Fsp3) is 0.333. The average molecular weight is 321 g/mol. The molecule has 1 amide bonds. The minimum absolute atomic E-state index is 0.116. The van der Waals surface area contributed by atoms with E-state index in [1.807, 2.05) is 12.1 Å². The van der Waals surface area contributed by atoms with E-state index in [4.69, 9.17) is 4.42 Å². The Morgan fingerprint density at radius 1 is 1.64 bits per heavy atom. The first kappa shape index (κ1) is 16.4. The quantitative estimate of drug-likeness (QED) is 0.760. The zero-order valence-corrected chi connectivity index (χ0v) is 13.3. The summed E-state index contributed by atoms with van der Waals surface area (Å²) in [6, 6.07) is 3.71. The molecular formula is C15H19N3O3S. The Labute approximate surface area is 133 Å². The summed E-state index contributed by atoms with van der Waals surface area (Å²) < 4.78 is 6.80. The lowest BCUT2D eigenvalue weighted by Gasteiger charge is -2.21. The molecule has 0 aliphatic heterocycles. The van der Waals surface area contributed by atoms with E-state index in [0.29, 0.717) is 11.3 Å². The van der Waals surface area contributed by atoms with Crippen LogP contribution in [0.4, 0.5) is 0 Å². The topological polar surface area (TPSA) is 80.3 Å². The van der Waals surface area contributed by atoms with Gasteiger partial charge >= 0.3 is 0 Å². The van der Waals surface area contributed by atoms with Crippen molar-refractivity contribution in [2.75, 3.05) is 6.54 Å². The van der Waals surface area contributed by atoms with E-state index in [9.17, 15) is 9.90 Å². The lowest BCUT2D eigenvalue weighted by Crippen LogP contribution is -2.37. The molecule has 0 aliphatic carbocycles. The van der Waals surface area contributed by atoms with Crippen LogP contribution in [0, 0.1) is 0 Å². The number of thioether (sulfide) groups is 1. The van der Waals surface area contributed by atoms with Gasteiger partial charge < -0.3 is 14.8 Å². The molecule has 1 unspecified atom stereocenters. The van der Waals surface area contributed by atoms with E-state index >= 15 is 0 Å². The predicted molar refractivity (Wildman–Crippen MR) is 84.9 cm³/mol. The molecular weight excluding hydrogens is 302 g/mol. The lowest BCUT2D eigenvalue weighted by molar-refractivity contribution is -0.117. The van der Waals surface area contributed by atoms with Gasteiger partial charge in [-0.2, -0.15) is 5.10 Å². The molecule has 0 saturated heterocycles. The number of hydrogen-bond donors (Lipinski definition) is 2. The largest absolute Gasteiger partial charge is 0.468 e. The van der Waals surface area contributed by atoms with Gasteiger partial charge in [-0.15, -0.1) is 11.8 Å². The molecule has 0 aliphatic rings. The first-order chi connectivity index (χ1) is 10.5. The SMILES string of the molecule is Cn1cc(C(C)(O)CNC(=O)C=CSCc2ccco2)cn1. The highest BCUT2D eigenvalue weighted by Crippen LogP contribution is 2.18. The Morgan fingerprint density at radius 2 is 2.45 bits per heavy atom. The normalized spacial score (nSPS) is 14.1. The zero-order chi connectivity index (χ0) is 16.0. The maximum atomic E-state index is 11.7. The summed E-state index contributed by atoms with van der Waals surface area (Å²) in [5.41, 5.74) is -0.495. The maximum absolute atomic E-state index is 11.7. The lowest BCUT2D eigenvalue weighted by atomic mass is 10.00. The van der Waals surface area contributed by atoms with Crippen LogP contribution in [-0.4, -0.2) is 27.3 Å². The molecule has 0 bridgehead atoms. The summed E-state index contributed by atoms with van der Waals surface area (Å²) in [5, 5.41) is 18.7. The number of aliphatic hydroxyl groups is 1. The number of amides is 1. The van der Waals surface area contributed by atoms with Gasteiger partial charge in [-0.05, 0) is 24.5 Å². The van der Waals surface area contributed by atoms with Gasteiger partial charge in [0.05, 0.1) is 24.8 Å². The van der Waals surface area contributed by atoms with Crippen LogP contribution in [0.3, 0.4) is 0 Å². The van der Waals surface area contributed by atoms with Crippen molar-refractivity contribution in [1.82, 2.24) is 15.1 Å². The second-order valence-electron chi connectivity index (χ2n) is 5.09. The maximum Gasteiger partial charge on any atom is 0.244 e. The summed E-state index contributed by atoms with van der Waals surface area (Å²) in [7, 11) is 1.77. The molecule has 6 nitrogen and oxygen atoms in total. The molecule has 2 heterocycles. The van der Waals surface area contributed by atoms with E-state index in [2.05, 4.69) is 10.4 Å². The molecule has 2 aromatic rings. The number of aromatic nitrogens is 2. The van der Waals surface area contributed by atoms with Gasteiger partial charge in [-0.25, -0.2) is 0 Å². The van der Waals surface area contributed by atoms with Crippen molar-refractivity contribution in [3.05, 3.63) is 53.6 Å². The van der Waals surface area contributed by atoms with Crippen molar-refractivity contribution in [3.63, 3.8) is 0 Å². The fourth-order valence-corrected chi connectivity index (χ4v) is 2.40. The van der Waals surface area contributed by atoms with E-state index in [1.54, 1.807) is 42.7 Å². The first-order valence-corrected chi connectivity index (χ1v) is 7.82. The molecule has 0 fully saturated rings. The molecule has 7 heteroatoms. The highest BCUT2D eigenvalue weighted by Gasteiger charge is 2.24. The van der Waals surface area contributed by atoms with E-state index in [1.165, 1.54) is 17.8 Å². The number of hydrogen-bond acceptors (Lipinski definition) is 5. The van der Waals surface area contributed by atoms with Crippen molar-refractivity contribution < 1.29 is 14.3 Å². The molecule has 0 aromatic carbocycles. The second-order valence-corrected chi connectivity index (χ2v) is 5.98. The summed E-state index contributed by atoms with van der Waals surface area (Å²) in [5.74, 6) is 1.27. The second kappa shape index (κ2) is 7.33. The number of carbonyl (C=O) groups is 1. The number of nitrogens with one attached hydrogen (secondary N) is 1. The fourth-order valence-electron chi connectivity index (χ4n) is 1.75. The van der Waals surface area contributed by atoms with Crippen LogP contribution in [0.5, 0.6) is 0 Å². The Morgan fingerprint density at radius 3 is 3.09 bits per heavy atom. The van der Waals surface area contributed by atoms with Crippen molar-refractivity contribution in [2.45, 2.75) is 18.3 Å². The van der Waals surface area contributed by atoms with Crippen LogP contribution in [0.2, 0.25) is 0 Å². The zero-order valence-electron chi connectivity index (χ0n) is 12.5. The average Bonchev–Trinajstić information content (AvgIpc) is 3.13. The minimum Gasteiger partial charge on any atom is -0.468 e. The van der Waals surface area contributed by atoms with Crippen molar-refractivity contribution in [3.8, 4) is 0 Å². The van der Waals surface area contributed by atoms with Gasteiger partial charge in [0.2, 0.25) is 5.91 Å². The van der Waals surface area contributed by atoms with Crippen LogP contribution in [0.25, 0.3) is 0 Å². The van der Waals surface area contributed by atoms with Gasteiger partial charge in [0.25, 0.3) is 0 Å². The molecule has 22 heavy (non-hydrogen) atoms. The third-order valence-electron chi connectivity index (χ3n) is 3.05. The number of aryl methyl sites for hydroxylation is 1. The van der Waals surface area contributed by atoms with Gasteiger partial charge in [-0.3, -0.25) is 9.48 Å². The molecule has 2 N–H and O–H groups in total. The molecule has 1 atom stereocenters. The number of nitrogens with zero attached hydrogens (tertiary/aromatic N) is 2. The highest BCUT2D eigenvalue weighted by molar-refractivity contribution is 8.01. The number of rotatable bonds is 7. The van der Waals surface area contributed by atoms with Crippen LogP contribution in [0.1, 0.15) is 18.2 Å². The predicted octanol–water partition coefficient (Wildman–Crippen LogP) is 1.78. The molecule has 0 radical (unpaired) electrons. The van der Waals surface area contributed by atoms with Crippen LogP contribution in [0.15, 0.2) is 46.7 Å². The van der Waals surface area contributed by atoms with Crippen molar-refractivity contribution in [2.24, 2.45) is 7.05 Å². The highest BCUT2D eigenvalue weighted by atomic mass is 32.2. The smallest absolute Gasteiger partial charge is 0.244 e. The van der Waals surface area contributed by atoms with Crippen molar-refractivity contribution in [1.29, 1.82) is 0 Å². The van der Waals surface area contributed by atoms with E-state index in [-0.39, 0.29) is 12.5 Å². The minimum atomic E-state index is -1.15. The van der Waals surface area contributed by atoms with Gasteiger partial charge in [0.1, 0.15) is 11.4 Å². The first-order valence-electron chi connectivity index (χ1n) is 6.77. The Balaban J connectivity index is 1.74. The molecule has 2 rings (SSSR count). The van der Waals surface area contributed by atoms with Crippen LogP contribution < -0.4 is 5.32 Å². The summed E-state index contributed by atoms with van der Waals surface area (Å²) in [6.07, 6.45) is 6.36. The van der Waals surface area contributed by atoms with Gasteiger partial charge in [0.15, 0.2) is 0 Å². The molecule has 118 valence electrons. The summed E-state index contributed by atoms with van der Waals surface area (Å²) >= 11 is 1.46. The van der Waals surface area contributed by atoms with Gasteiger partial charge in [0, 0.05) is 24.9 Å². The number of carbonyl (C=O) groups excluding carboxylic acids is 1. The van der Waals surface area contributed by atoms with Gasteiger partial charge in [-0.1, -0.05) is 0 Å². The van der Waals surface area contributed by atoms with Crippen molar-refractivity contribution >= 4 is 17.7 Å². The molecule has 0 spiro atoms. The third-order valence-corrected chi connectivity index (χ3v) is 3.83. The standard InChI is InChI=1S/C15H19N3O3S/c1-15(20,12-8-17-18(2)9-12)11-16-14(19)5-7-22-10-13-4-3-6-21-13/h3-9,20H,10-11H2,1-2H3,(H,16,19). The summed E-state index contributed by atoms with van der Waals surface area (Å²) in [6.45, 7) is 1.75. The Kier molecular flexibility index (Phi) is 5.46. The van der Waals surface area contributed by atoms with Crippen LogP contribution >= 0.6 is 11.8 Å². The summed E-state index contributed by atoms with van der Waals surface area (Å²) in [4.78, 5) is 11.7. The number of furan rings is 1. The Bertz CT molecular complexity index is 632. The van der Waals surface area contributed by atoms with Crippen LogP contribution in [-0.2, 0) is 23.2 Å². The third kappa shape index (κ3) is 4.78. The van der Waals surface area contributed by atoms with E-state index in [0.717, 1.165) is 5.76 Å². The van der Waals surface area contributed by atoms with E-state index < -0.39 is 5.60 Å². The molecule has 0 saturated carbocycles.